The van der Waals surface area contributed by atoms with Gasteiger partial charge in [-0.25, -0.2) is 5.01 Å². The number of nitrogens with two attached hydrogens (primary N) is 2. The highest BCUT2D eigenvalue weighted by atomic mass is 16.3. The van der Waals surface area contributed by atoms with E-state index >= 15 is 0 Å². The number of nitrogens with zero attached hydrogens (tertiary/aromatic N) is 2. The maximum atomic E-state index is 8.34. The van der Waals surface area contributed by atoms with E-state index in [1.54, 1.807) is 0 Å². The first kappa shape index (κ1) is 8.35. The second-order valence-corrected chi connectivity index (χ2v) is 1.55. The van der Waals surface area contributed by atoms with Gasteiger partial charge in [0.2, 0.25) is 0 Å². The van der Waals surface area contributed by atoms with Crippen molar-refractivity contribution in [3.8, 4) is 0 Å². The summed E-state index contributed by atoms with van der Waals surface area (Å²) >= 11 is 0. The van der Waals surface area contributed by atoms with E-state index in [1.807, 2.05) is 0 Å². The van der Waals surface area contributed by atoms with Crippen molar-refractivity contribution in [3.05, 3.63) is 0 Å². The van der Waals surface area contributed by atoms with Gasteiger partial charge in [-0.05, 0) is 0 Å². The topological polar surface area (TPSA) is 87.9 Å². The molecule has 0 fully saturated rings. The smallest absolute Gasteiger partial charge is 0.0572 e. The molecule has 5 heteroatoms. The summed E-state index contributed by atoms with van der Waals surface area (Å²) in [6, 6.07) is 0. The molecule has 0 bridgehead atoms. The molecule has 0 amide bonds. The van der Waals surface area contributed by atoms with Gasteiger partial charge in [-0.2, -0.15) is 5.10 Å². The Morgan fingerprint density at radius 3 is 2.78 bits per heavy atom. The van der Waals surface area contributed by atoms with Crippen LogP contribution in [0.15, 0.2) is 5.10 Å². The minimum atomic E-state index is 0.0505. The molecule has 0 aliphatic heterocycles. The van der Waals surface area contributed by atoms with Crippen molar-refractivity contribution in [2.45, 2.75) is 0 Å². The summed E-state index contributed by atoms with van der Waals surface area (Å²) in [5.74, 6) is 10.1. The van der Waals surface area contributed by atoms with Crippen molar-refractivity contribution in [2.24, 2.45) is 16.8 Å². The fourth-order valence-electron chi connectivity index (χ4n) is 0.372. The van der Waals surface area contributed by atoms with Crippen LogP contribution >= 0.6 is 0 Å². The van der Waals surface area contributed by atoms with E-state index in [9.17, 15) is 0 Å². The number of aliphatic hydroxyl groups excluding tert-OH is 1. The van der Waals surface area contributed by atoms with Gasteiger partial charge in [0.05, 0.1) is 13.2 Å². The summed E-state index contributed by atoms with van der Waals surface area (Å²) in [5, 5.41) is 13.0. The Bertz CT molecular complexity index is 84.6. The molecule has 5 nitrogen and oxygen atoms in total. The van der Waals surface area contributed by atoms with Crippen molar-refractivity contribution >= 4 is 6.21 Å². The number of hydrazone groups is 1. The molecule has 0 rings (SSSR count). The van der Waals surface area contributed by atoms with Gasteiger partial charge in [-0.3, -0.25) is 5.84 Å². The summed E-state index contributed by atoms with van der Waals surface area (Å²) in [4.78, 5) is 0. The Morgan fingerprint density at radius 1 is 1.67 bits per heavy atom. The molecular weight excluding hydrogens is 120 g/mol. The zero-order chi connectivity index (χ0) is 7.11. The average molecular weight is 132 g/mol. The predicted molar refractivity (Wildman–Crippen MR) is 35.5 cm³/mol. The van der Waals surface area contributed by atoms with E-state index in [1.165, 1.54) is 11.2 Å². The minimum absolute atomic E-state index is 0.0505. The van der Waals surface area contributed by atoms with Crippen LogP contribution in [0.1, 0.15) is 0 Å². The van der Waals surface area contributed by atoms with Crippen molar-refractivity contribution in [1.82, 2.24) is 5.01 Å². The lowest BCUT2D eigenvalue weighted by atomic mass is 10.6. The van der Waals surface area contributed by atoms with Crippen molar-refractivity contribution in [2.75, 3.05) is 19.7 Å². The fourth-order valence-corrected chi connectivity index (χ4v) is 0.372. The van der Waals surface area contributed by atoms with Gasteiger partial charge in [-0.15, -0.1) is 0 Å². The van der Waals surface area contributed by atoms with E-state index in [4.69, 9.17) is 16.8 Å². The molecule has 5 N–H and O–H groups in total. The molecule has 0 unspecified atom stereocenters. The first-order chi connectivity index (χ1) is 4.31. The van der Waals surface area contributed by atoms with Crippen LogP contribution in [0.25, 0.3) is 0 Å². The molecule has 0 aromatic rings. The Labute approximate surface area is 53.9 Å². The predicted octanol–water partition coefficient (Wildman–Crippen LogP) is -1.90. The summed E-state index contributed by atoms with van der Waals surface area (Å²) in [6.07, 6.45) is 1.47. The van der Waals surface area contributed by atoms with Crippen LogP contribution in [-0.4, -0.2) is 36.0 Å². The van der Waals surface area contributed by atoms with Crippen molar-refractivity contribution < 1.29 is 5.11 Å². The molecule has 9 heavy (non-hydrogen) atoms. The van der Waals surface area contributed by atoms with Gasteiger partial charge in [0.1, 0.15) is 0 Å². The van der Waals surface area contributed by atoms with E-state index in [0.29, 0.717) is 13.1 Å². The number of hydrogen-bond donors (Lipinski definition) is 3. The Kier molecular flexibility index (Phi) is 5.09. The molecule has 0 spiro atoms. The standard InChI is InChI=1S/C4H12N4O/c5-7-1-2-8(6)3-4-9/h1,9H,2-6H2/b7-1+. The monoisotopic (exact) mass is 132 g/mol. The van der Waals surface area contributed by atoms with E-state index in [0.717, 1.165) is 0 Å². The second kappa shape index (κ2) is 5.49. The quantitative estimate of drug-likeness (QED) is 0.237. The first-order valence-corrected chi connectivity index (χ1v) is 2.63. The van der Waals surface area contributed by atoms with Gasteiger partial charge in [0.15, 0.2) is 0 Å². The van der Waals surface area contributed by atoms with Crippen LogP contribution in [0.3, 0.4) is 0 Å². The van der Waals surface area contributed by atoms with E-state index in [2.05, 4.69) is 5.10 Å². The first-order valence-electron chi connectivity index (χ1n) is 2.63. The van der Waals surface area contributed by atoms with E-state index in [-0.39, 0.29) is 6.61 Å². The number of hydrogen-bond acceptors (Lipinski definition) is 5. The SMILES string of the molecule is N/N=C/CN(N)CCO. The highest BCUT2D eigenvalue weighted by Crippen LogP contribution is 1.70. The number of hydrazine groups is 1. The molecule has 0 aromatic carbocycles. The molecular formula is C4H12N4O. The lowest BCUT2D eigenvalue weighted by Crippen LogP contribution is -2.35. The molecule has 0 saturated carbocycles. The molecule has 0 aliphatic rings. The van der Waals surface area contributed by atoms with Crippen molar-refractivity contribution in [3.63, 3.8) is 0 Å². The normalized spacial score (nSPS) is 11.4. The Hall–Kier alpha value is -0.650. The fraction of sp³-hybridized carbons (Fsp3) is 0.750. The van der Waals surface area contributed by atoms with Gasteiger partial charge in [0.25, 0.3) is 0 Å². The lowest BCUT2D eigenvalue weighted by Gasteiger charge is -2.09. The molecule has 54 valence electrons. The van der Waals surface area contributed by atoms with Crippen LogP contribution < -0.4 is 11.7 Å². The molecule has 0 atom stereocenters. The van der Waals surface area contributed by atoms with E-state index < -0.39 is 0 Å². The zero-order valence-electron chi connectivity index (χ0n) is 5.20. The lowest BCUT2D eigenvalue weighted by molar-refractivity contribution is 0.216. The summed E-state index contributed by atoms with van der Waals surface area (Å²) in [5.41, 5.74) is 0. The van der Waals surface area contributed by atoms with Crippen molar-refractivity contribution in [1.29, 1.82) is 0 Å². The second-order valence-electron chi connectivity index (χ2n) is 1.55. The van der Waals surface area contributed by atoms with Gasteiger partial charge >= 0.3 is 0 Å². The van der Waals surface area contributed by atoms with Crippen LogP contribution in [0, 0.1) is 0 Å². The third-order valence-electron chi connectivity index (χ3n) is 0.809. The number of rotatable bonds is 4. The summed E-state index contributed by atoms with van der Waals surface area (Å²) in [6.45, 7) is 0.956. The third kappa shape index (κ3) is 5.22. The molecule has 0 aromatic heterocycles. The number of aliphatic hydroxyl groups is 1. The maximum Gasteiger partial charge on any atom is 0.0572 e. The van der Waals surface area contributed by atoms with Gasteiger partial charge in [-0.1, -0.05) is 0 Å². The molecule has 0 radical (unpaired) electrons. The Morgan fingerprint density at radius 2 is 2.33 bits per heavy atom. The van der Waals surface area contributed by atoms with Crippen LogP contribution in [-0.2, 0) is 0 Å². The molecule has 0 heterocycles. The third-order valence-corrected chi connectivity index (χ3v) is 0.809. The van der Waals surface area contributed by atoms with Gasteiger partial charge in [0, 0.05) is 12.8 Å². The largest absolute Gasteiger partial charge is 0.395 e. The van der Waals surface area contributed by atoms with Gasteiger partial charge < -0.3 is 10.9 Å². The molecule has 0 saturated heterocycles. The zero-order valence-corrected chi connectivity index (χ0v) is 5.20. The summed E-state index contributed by atoms with van der Waals surface area (Å²) in [7, 11) is 0. The average Bonchev–Trinajstić information content (AvgIpc) is 1.85. The van der Waals surface area contributed by atoms with Crippen LogP contribution in [0.5, 0.6) is 0 Å². The maximum absolute atomic E-state index is 8.34. The molecule has 0 aliphatic carbocycles. The van der Waals surface area contributed by atoms with Crippen LogP contribution in [0.2, 0.25) is 0 Å². The minimum Gasteiger partial charge on any atom is -0.395 e. The Balaban J connectivity index is 3.15. The summed E-state index contributed by atoms with van der Waals surface area (Å²) < 4.78 is 0. The highest BCUT2D eigenvalue weighted by molar-refractivity contribution is 5.58. The van der Waals surface area contributed by atoms with Crippen LogP contribution in [0.4, 0.5) is 0 Å². The highest BCUT2D eigenvalue weighted by Gasteiger charge is 1.91.